The lowest BCUT2D eigenvalue weighted by Crippen LogP contribution is -1.90. The first kappa shape index (κ1) is 17.1. The number of aromatic nitrogens is 1. The molecule has 0 N–H and O–H groups in total. The van der Waals surface area contributed by atoms with Gasteiger partial charge < -0.3 is 0 Å². The van der Waals surface area contributed by atoms with Crippen LogP contribution >= 0.6 is 0 Å². The van der Waals surface area contributed by atoms with Gasteiger partial charge in [0.25, 0.3) is 0 Å². The van der Waals surface area contributed by atoms with Gasteiger partial charge in [0.05, 0.1) is 11.9 Å². The number of allylic oxidation sites excluding steroid dienone is 2. The minimum Gasteiger partial charge on any atom is -0.256 e. The molecule has 2 heteroatoms. The van der Waals surface area contributed by atoms with Crippen molar-refractivity contribution in [2.75, 3.05) is 0 Å². The first-order valence-corrected chi connectivity index (χ1v) is 8.16. The standard InChI is InChI=1S/C21H24FN/c1-3-7-18-10-13-20(14-11-18)21-15-12-19(16-23-21)9-6-4-5-8-17(2)22/h3,6,9-17H,1,4-5,7-8H2,2H3/b9-6+. The van der Waals surface area contributed by atoms with E-state index in [1.807, 2.05) is 24.4 Å². The van der Waals surface area contributed by atoms with Crippen LogP contribution in [0.25, 0.3) is 17.3 Å². The second kappa shape index (κ2) is 9.04. The minimum absolute atomic E-state index is 0.628. The molecule has 0 spiro atoms. The molecule has 0 radical (unpaired) electrons. The van der Waals surface area contributed by atoms with Crippen LogP contribution in [-0.4, -0.2) is 11.2 Å². The van der Waals surface area contributed by atoms with E-state index >= 15 is 0 Å². The highest BCUT2D eigenvalue weighted by atomic mass is 19.1. The molecule has 1 aromatic heterocycles. The molecule has 0 fully saturated rings. The number of hydrogen-bond acceptors (Lipinski definition) is 1. The first-order valence-electron chi connectivity index (χ1n) is 8.16. The SMILES string of the molecule is C=CCc1ccc(-c2ccc(/C=C/CCCC(C)F)cn2)cc1. The van der Waals surface area contributed by atoms with Gasteiger partial charge in [0.15, 0.2) is 0 Å². The van der Waals surface area contributed by atoms with Gasteiger partial charge in [-0.1, -0.05) is 48.6 Å². The Morgan fingerprint density at radius 3 is 2.57 bits per heavy atom. The molecular formula is C21H24FN. The summed E-state index contributed by atoms with van der Waals surface area (Å²) in [5.41, 5.74) is 4.42. The monoisotopic (exact) mass is 309 g/mol. The third kappa shape index (κ3) is 5.82. The Balaban J connectivity index is 1.93. The predicted octanol–water partition coefficient (Wildman–Crippen LogP) is 6.02. The van der Waals surface area contributed by atoms with E-state index in [9.17, 15) is 4.39 Å². The summed E-state index contributed by atoms with van der Waals surface area (Å²) in [6.07, 6.45) is 10.5. The zero-order valence-corrected chi connectivity index (χ0v) is 13.7. The predicted molar refractivity (Wildman–Crippen MR) is 97.0 cm³/mol. The number of unbranched alkanes of at least 4 members (excludes halogenated alkanes) is 1. The lowest BCUT2D eigenvalue weighted by molar-refractivity contribution is 0.335. The smallest absolute Gasteiger partial charge is 0.0973 e. The molecule has 1 atom stereocenters. The molecule has 0 amide bonds. The molecule has 2 aromatic rings. The maximum atomic E-state index is 12.7. The molecule has 1 unspecified atom stereocenters. The normalized spacial score (nSPS) is 12.4. The number of pyridine rings is 1. The molecule has 0 saturated heterocycles. The van der Waals surface area contributed by atoms with Gasteiger partial charge in [-0.2, -0.15) is 0 Å². The molecule has 0 saturated carbocycles. The van der Waals surface area contributed by atoms with Crippen LogP contribution in [0.2, 0.25) is 0 Å². The van der Waals surface area contributed by atoms with E-state index in [1.165, 1.54) is 5.56 Å². The molecule has 1 aromatic carbocycles. The highest BCUT2D eigenvalue weighted by molar-refractivity contribution is 5.61. The number of hydrogen-bond donors (Lipinski definition) is 0. The van der Waals surface area contributed by atoms with Crippen LogP contribution in [0.4, 0.5) is 4.39 Å². The largest absolute Gasteiger partial charge is 0.256 e. The molecule has 1 nitrogen and oxygen atoms in total. The van der Waals surface area contributed by atoms with Crippen molar-refractivity contribution in [1.82, 2.24) is 4.98 Å². The second-order valence-corrected chi connectivity index (χ2v) is 5.78. The Hall–Kier alpha value is -2.22. The summed E-state index contributed by atoms with van der Waals surface area (Å²) in [4.78, 5) is 4.52. The summed E-state index contributed by atoms with van der Waals surface area (Å²) in [6.45, 7) is 5.36. The molecular weight excluding hydrogens is 285 g/mol. The lowest BCUT2D eigenvalue weighted by Gasteiger charge is -2.03. The Kier molecular flexibility index (Phi) is 6.74. The summed E-state index contributed by atoms with van der Waals surface area (Å²) < 4.78 is 12.7. The van der Waals surface area contributed by atoms with Crippen LogP contribution in [0.15, 0.2) is 61.3 Å². The third-order valence-corrected chi connectivity index (χ3v) is 3.70. The van der Waals surface area contributed by atoms with E-state index in [1.54, 1.807) is 6.92 Å². The van der Waals surface area contributed by atoms with Crippen LogP contribution in [0, 0.1) is 0 Å². The van der Waals surface area contributed by atoms with Crippen LogP contribution in [-0.2, 0) is 6.42 Å². The zero-order valence-electron chi connectivity index (χ0n) is 13.7. The van der Waals surface area contributed by atoms with Gasteiger partial charge >= 0.3 is 0 Å². The van der Waals surface area contributed by atoms with Crippen LogP contribution in [0.5, 0.6) is 0 Å². The average molecular weight is 309 g/mol. The van der Waals surface area contributed by atoms with Crippen molar-refractivity contribution in [3.05, 3.63) is 72.5 Å². The van der Waals surface area contributed by atoms with Crippen molar-refractivity contribution in [2.24, 2.45) is 0 Å². The van der Waals surface area contributed by atoms with Gasteiger partial charge in [0.2, 0.25) is 0 Å². The second-order valence-electron chi connectivity index (χ2n) is 5.78. The van der Waals surface area contributed by atoms with Crippen LogP contribution in [0.3, 0.4) is 0 Å². The van der Waals surface area contributed by atoms with Crippen molar-refractivity contribution in [3.8, 4) is 11.3 Å². The zero-order chi connectivity index (χ0) is 16.5. The topological polar surface area (TPSA) is 12.9 Å². The van der Waals surface area contributed by atoms with E-state index in [2.05, 4.69) is 48.0 Å². The molecule has 23 heavy (non-hydrogen) atoms. The van der Waals surface area contributed by atoms with Gasteiger partial charge in [-0.3, -0.25) is 4.98 Å². The first-order chi connectivity index (χ1) is 11.2. The quantitative estimate of drug-likeness (QED) is 0.429. The summed E-state index contributed by atoms with van der Waals surface area (Å²) in [6, 6.07) is 12.5. The number of nitrogens with zero attached hydrogens (tertiary/aromatic N) is 1. The highest BCUT2D eigenvalue weighted by Crippen LogP contribution is 2.18. The fourth-order valence-electron chi connectivity index (χ4n) is 2.39. The van der Waals surface area contributed by atoms with Crippen molar-refractivity contribution in [3.63, 3.8) is 0 Å². The molecule has 0 aliphatic heterocycles. The van der Waals surface area contributed by atoms with E-state index in [-0.39, 0.29) is 0 Å². The van der Waals surface area contributed by atoms with Crippen molar-refractivity contribution >= 4 is 6.08 Å². The maximum Gasteiger partial charge on any atom is 0.0973 e. The summed E-state index contributed by atoms with van der Waals surface area (Å²) in [7, 11) is 0. The van der Waals surface area contributed by atoms with Gasteiger partial charge in [-0.25, -0.2) is 4.39 Å². The van der Waals surface area contributed by atoms with Crippen LogP contribution < -0.4 is 0 Å². The summed E-state index contributed by atoms with van der Waals surface area (Å²) in [5, 5.41) is 0. The Bertz CT molecular complexity index is 624. The fourth-order valence-corrected chi connectivity index (χ4v) is 2.39. The van der Waals surface area contributed by atoms with Gasteiger partial charge in [0, 0.05) is 11.8 Å². The minimum atomic E-state index is -0.706. The molecule has 2 rings (SSSR count). The number of alkyl halides is 1. The van der Waals surface area contributed by atoms with Gasteiger partial charge in [-0.15, -0.1) is 6.58 Å². The fraction of sp³-hybridized carbons (Fsp3) is 0.286. The van der Waals surface area contributed by atoms with E-state index in [4.69, 9.17) is 0 Å². The van der Waals surface area contributed by atoms with Gasteiger partial charge in [0.1, 0.15) is 0 Å². The van der Waals surface area contributed by atoms with E-state index in [0.29, 0.717) is 6.42 Å². The molecule has 0 bridgehead atoms. The number of rotatable bonds is 8. The molecule has 1 heterocycles. The van der Waals surface area contributed by atoms with Crippen molar-refractivity contribution < 1.29 is 4.39 Å². The maximum absolute atomic E-state index is 12.7. The van der Waals surface area contributed by atoms with Crippen LogP contribution in [0.1, 0.15) is 37.3 Å². The van der Waals surface area contributed by atoms with Crippen molar-refractivity contribution in [1.29, 1.82) is 0 Å². The molecule has 0 aliphatic carbocycles. The third-order valence-electron chi connectivity index (χ3n) is 3.70. The Labute approximate surface area is 138 Å². The average Bonchev–Trinajstić information content (AvgIpc) is 2.56. The highest BCUT2D eigenvalue weighted by Gasteiger charge is 1.99. The molecule has 120 valence electrons. The van der Waals surface area contributed by atoms with E-state index < -0.39 is 6.17 Å². The Morgan fingerprint density at radius 1 is 1.17 bits per heavy atom. The molecule has 0 aliphatic rings. The van der Waals surface area contributed by atoms with Gasteiger partial charge in [-0.05, 0) is 49.8 Å². The van der Waals surface area contributed by atoms with Crippen molar-refractivity contribution in [2.45, 2.75) is 38.8 Å². The summed E-state index contributed by atoms with van der Waals surface area (Å²) >= 11 is 0. The van der Waals surface area contributed by atoms with E-state index in [0.717, 1.165) is 36.1 Å². The Morgan fingerprint density at radius 2 is 1.96 bits per heavy atom. The lowest BCUT2D eigenvalue weighted by atomic mass is 10.1. The summed E-state index contributed by atoms with van der Waals surface area (Å²) in [5.74, 6) is 0. The number of benzene rings is 1. The number of halogens is 1.